The van der Waals surface area contributed by atoms with Crippen LogP contribution in [0.5, 0.6) is 5.75 Å². The molecule has 10 nitrogen and oxygen atoms in total. The number of rotatable bonds is 6. The molecule has 39 heavy (non-hydrogen) atoms. The molecule has 5 rings (SSSR count). The van der Waals surface area contributed by atoms with E-state index in [0.29, 0.717) is 27.9 Å². The number of hydrogen-bond donors (Lipinski definition) is 2. The Hall–Kier alpha value is -4.65. The smallest absolute Gasteiger partial charge is 0.407 e. The third-order valence-electron chi connectivity index (χ3n) is 6.32. The highest BCUT2D eigenvalue weighted by atomic mass is 16.6. The van der Waals surface area contributed by atoms with E-state index < -0.39 is 11.7 Å². The minimum atomic E-state index is -0.641. The van der Waals surface area contributed by atoms with Crippen molar-refractivity contribution < 1.29 is 14.3 Å². The van der Waals surface area contributed by atoms with Gasteiger partial charge in [-0.25, -0.2) is 14.7 Å². The number of benzene rings is 2. The Bertz CT molecular complexity index is 1690. The Morgan fingerprint density at radius 1 is 1.21 bits per heavy atom. The van der Waals surface area contributed by atoms with Crippen molar-refractivity contribution in [3.63, 3.8) is 0 Å². The summed E-state index contributed by atoms with van der Waals surface area (Å²) in [4.78, 5) is 28.6. The zero-order valence-corrected chi connectivity index (χ0v) is 22.6. The largest absolute Gasteiger partial charge is 0.501 e. The van der Waals surface area contributed by atoms with Crippen molar-refractivity contribution in [3.05, 3.63) is 69.6 Å². The molecule has 2 N–H and O–H groups in total. The summed E-state index contributed by atoms with van der Waals surface area (Å²) in [6.07, 6.45) is 3.31. The summed E-state index contributed by atoms with van der Waals surface area (Å²) in [5.41, 5.74) is 4.00. The van der Waals surface area contributed by atoms with E-state index in [0.717, 1.165) is 40.8 Å². The van der Waals surface area contributed by atoms with E-state index in [4.69, 9.17) is 16.0 Å². The monoisotopic (exact) mass is 526 g/mol. The first-order valence-corrected chi connectivity index (χ1v) is 12.7. The standard InChI is InChI=1S/C29H30N6O4/c1-16-11-21(25(30-5)24(12-16)38-18-8-9-18)26-22(14-32-35(26)6)17-7-10-19-20(13-17)23(33-34-27(19)36)15-31-28(37)39-29(2,3)4/h7,10-14,18H,8-9,15H2,1-4,6H3,(H,31,37)(H,34,36). The topological polar surface area (TPSA) is 115 Å². The van der Waals surface area contributed by atoms with Gasteiger partial charge < -0.3 is 14.8 Å². The molecule has 2 aromatic heterocycles. The molecule has 2 heterocycles. The number of ether oxygens (including phenoxy) is 2. The van der Waals surface area contributed by atoms with Crippen molar-refractivity contribution in [1.29, 1.82) is 0 Å². The summed E-state index contributed by atoms with van der Waals surface area (Å²) >= 11 is 0. The Balaban J connectivity index is 1.58. The molecule has 0 bridgehead atoms. The van der Waals surface area contributed by atoms with Gasteiger partial charge in [0.1, 0.15) is 11.4 Å². The lowest BCUT2D eigenvalue weighted by Crippen LogP contribution is -2.32. The highest BCUT2D eigenvalue weighted by Crippen LogP contribution is 2.45. The van der Waals surface area contributed by atoms with Gasteiger partial charge in [-0.1, -0.05) is 12.1 Å². The van der Waals surface area contributed by atoms with Crippen LogP contribution in [0, 0.1) is 13.5 Å². The summed E-state index contributed by atoms with van der Waals surface area (Å²) < 4.78 is 13.2. The lowest BCUT2D eigenvalue weighted by Gasteiger charge is -2.19. The molecule has 0 atom stereocenters. The third kappa shape index (κ3) is 5.48. The molecule has 1 aliphatic carbocycles. The van der Waals surface area contributed by atoms with Gasteiger partial charge in [0.15, 0.2) is 0 Å². The summed E-state index contributed by atoms with van der Waals surface area (Å²) in [5, 5.41) is 14.9. The lowest BCUT2D eigenvalue weighted by atomic mass is 9.96. The van der Waals surface area contributed by atoms with Crippen LogP contribution in [-0.4, -0.2) is 37.8 Å². The van der Waals surface area contributed by atoms with E-state index in [9.17, 15) is 9.59 Å². The SMILES string of the molecule is [C-]#[N+]c1c(OC2CC2)cc(C)cc1-c1c(-c2ccc3c(=O)[nH]nc(CNC(=O)OC(C)(C)C)c3c2)cnn1C. The normalized spacial score (nSPS) is 13.2. The molecule has 200 valence electrons. The number of H-pyrrole nitrogens is 1. The Labute approximate surface area is 225 Å². The van der Waals surface area contributed by atoms with Crippen LogP contribution < -0.4 is 15.6 Å². The van der Waals surface area contributed by atoms with E-state index >= 15 is 0 Å². The average Bonchev–Trinajstić information content (AvgIpc) is 3.60. The van der Waals surface area contributed by atoms with Gasteiger partial charge in [-0.3, -0.25) is 9.48 Å². The van der Waals surface area contributed by atoms with Crippen LogP contribution >= 0.6 is 0 Å². The van der Waals surface area contributed by atoms with Crippen molar-refractivity contribution in [3.8, 4) is 28.1 Å². The number of alkyl carbamates (subject to hydrolysis) is 1. The fraction of sp³-hybridized carbons (Fsp3) is 0.345. The van der Waals surface area contributed by atoms with Crippen molar-refractivity contribution in [2.24, 2.45) is 7.05 Å². The van der Waals surface area contributed by atoms with Crippen molar-refractivity contribution in [1.82, 2.24) is 25.3 Å². The Morgan fingerprint density at radius 3 is 2.67 bits per heavy atom. The van der Waals surface area contributed by atoms with Crippen molar-refractivity contribution in [2.75, 3.05) is 0 Å². The number of aromatic amines is 1. The second-order valence-corrected chi connectivity index (χ2v) is 10.7. The van der Waals surface area contributed by atoms with Gasteiger partial charge in [0.25, 0.3) is 5.56 Å². The van der Waals surface area contributed by atoms with Crippen molar-refractivity contribution >= 4 is 22.6 Å². The maximum absolute atomic E-state index is 12.6. The predicted molar refractivity (Wildman–Crippen MR) is 148 cm³/mol. The van der Waals surface area contributed by atoms with E-state index in [1.54, 1.807) is 37.7 Å². The second kappa shape index (κ2) is 9.91. The van der Waals surface area contributed by atoms with Crippen LogP contribution in [0.3, 0.4) is 0 Å². The molecule has 1 saturated carbocycles. The number of amides is 1. The van der Waals surface area contributed by atoms with E-state index in [-0.39, 0.29) is 18.2 Å². The lowest BCUT2D eigenvalue weighted by molar-refractivity contribution is 0.0523. The maximum atomic E-state index is 12.6. The molecule has 2 aromatic carbocycles. The molecule has 0 spiro atoms. The zero-order valence-electron chi connectivity index (χ0n) is 22.6. The van der Waals surface area contributed by atoms with Crippen LogP contribution in [0.2, 0.25) is 0 Å². The fourth-order valence-electron chi connectivity index (χ4n) is 4.46. The molecule has 0 radical (unpaired) electrons. The van der Waals surface area contributed by atoms with E-state index in [2.05, 4.69) is 25.5 Å². The fourth-order valence-corrected chi connectivity index (χ4v) is 4.46. The number of carbonyl (C=O) groups excluding carboxylic acids is 1. The third-order valence-corrected chi connectivity index (χ3v) is 6.32. The first-order chi connectivity index (χ1) is 18.5. The van der Waals surface area contributed by atoms with Gasteiger partial charge in [-0.05, 0) is 69.9 Å². The van der Waals surface area contributed by atoms with Gasteiger partial charge in [0.2, 0.25) is 5.69 Å². The van der Waals surface area contributed by atoms with Gasteiger partial charge in [-0.15, -0.1) is 0 Å². The molecule has 0 saturated heterocycles. The van der Waals surface area contributed by atoms with Gasteiger partial charge in [0.05, 0.1) is 42.2 Å². The van der Waals surface area contributed by atoms with Gasteiger partial charge in [-0.2, -0.15) is 10.2 Å². The molecule has 1 amide bonds. The van der Waals surface area contributed by atoms with E-state index in [1.807, 2.05) is 38.2 Å². The number of nitrogens with zero attached hydrogens (tertiary/aromatic N) is 4. The quantitative estimate of drug-likeness (QED) is 0.324. The highest BCUT2D eigenvalue weighted by molar-refractivity contribution is 5.94. The van der Waals surface area contributed by atoms with Gasteiger partial charge in [0, 0.05) is 23.6 Å². The summed E-state index contributed by atoms with van der Waals surface area (Å²) in [7, 11) is 1.83. The number of aryl methyl sites for hydroxylation is 2. The van der Waals surface area contributed by atoms with Crippen LogP contribution in [-0.2, 0) is 18.3 Å². The number of carbonyl (C=O) groups is 1. The molecule has 1 fully saturated rings. The zero-order chi connectivity index (χ0) is 27.9. The Morgan fingerprint density at radius 2 is 1.97 bits per heavy atom. The number of fused-ring (bicyclic) bond motifs is 1. The van der Waals surface area contributed by atoms with Crippen molar-refractivity contribution in [2.45, 2.75) is 58.8 Å². The number of aromatic nitrogens is 4. The number of hydrogen-bond acceptors (Lipinski definition) is 6. The molecular formula is C29H30N6O4. The summed E-state index contributed by atoms with van der Waals surface area (Å²) in [6.45, 7) is 15.3. The molecule has 0 unspecified atom stereocenters. The molecule has 4 aromatic rings. The molecular weight excluding hydrogens is 496 g/mol. The highest BCUT2D eigenvalue weighted by Gasteiger charge is 2.27. The number of nitrogens with one attached hydrogen (secondary N) is 2. The average molecular weight is 527 g/mol. The minimum absolute atomic E-state index is 0.0627. The molecule has 1 aliphatic rings. The minimum Gasteiger partial charge on any atom is -0.501 e. The second-order valence-electron chi connectivity index (χ2n) is 10.7. The molecule has 0 aliphatic heterocycles. The first-order valence-electron chi connectivity index (χ1n) is 12.7. The van der Waals surface area contributed by atoms with Crippen LogP contribution in [0.1, 0.15) is 44.9 Å². The van der Waals surface area contributed by atoms with Gasteiger partial charge >= 0.3 is 6.09 Å². The summed E-state index contributed by atoms with van der Waals surface area (Å²) in [6, 6.07) is 9.31. The maximum Gasteiger partial charge on any atom is 0.407 e. The van der Waals surface area contributed by atoms with Crippen LogP contribution in [0.4, 0.5) is 10.5 Å². The molecule has 10 heteroatoms. The summed E-state index contributed by atoms with van der Waals surface area (Å²) in [5.74, 6) is 0.583. The Kier molecular flexibility index (Phi) is 6.60. The first kappa shape index (κ1) is 26.0. The predicted octanol–water partition coefficient (Wildman–Crippen LogP) is 5.42. The van der Waals surface area contributed by atoms with Crippen LogP contribution in [0.25, 0.3) is 38.0 Å². The van der Waals surface area contributed by atoms with E-state index in [1.165, 1.54) is 0 Å². The van der Waals surface area contributed by atoms with Crippen LogP contribution in [0.15, 0.2) is 41.3 Å².